The summed E-state index contributed by atoms with van der Waals surface area (Å²) < 4.78 is 7.02. The zero-order valence-corrected chi connectivity index (χ0v) is 18.4. The van der Waals surface area contributed by atoms with Crippen molar-refractivity contribution in [2.75, 3.05) is 16.8 Å². The number of furan rings is 1. The third-order valence-electron chi connectivity index (χ3n) is 5.37. The molecule has 2 amide bonds. The fraction of sp³-hybridized carbons (Fsp3) is 0.217. The molecule has 32 heavy (non-hydrogen) atoms. The maximum absolute atomic E-state index is 13.0. The van der Waals surface area contributed by atoms with Crippen LogP contribution in [0, 0.1) is 19.8 Å². The van der Waals surface area contributed by atoms with Crippen molar-refractivity contribution in [3.8, 4) is 16.6 Å². The summed E-state index contributed by atoms with van der Waals surface area (Å²) in [6, 6.07) is 13.2. The van der Waals surface area contributed by atoms with Crippen LogP contribution in [-0.4, -0.2) is 33.1 Å². The zero-order valence-electron chi connectivity index (χ0n) is 17.6. The first-order valence-corrected chi connectivity index (χ1v) is 11.1. The minimum Gasteiger partial charge on any atom is -0.463 e. The van der Waals surface area contributed by atoms with Crippen molar-refractivity contribution >= 4 is 34.7 Å². The lowest BCUT2D eigenvalue weighted by molar-refractivity contribution is -0.122. The number of hydrogen-bond acceptors (Lipinski definition) is 6. The number of amides is 2. The second-order valence-corrected chi connectivity index (χ2v) is 8.64. The highest BCUT2D eigenvalue weighted by Crippen LogP contribution is 2.29. The van der Waals surface area contributed by atoms with Gasteiger partial charge >= 0.3 is 0 Å². The number of benzene rings is 1. The Bertz CT molecular complexity index is 1270. The minimum atomic E-state index is -0.442. The van der Waals surface area contributed by atoms with Gasteiger partial charge in [0.1, 0.15) is 11.5 Å². The van der Waals surface area contributed by atoms with Crippen LogP contribution in [0.3, 0.4) is 0 Å². The van der Waals surface area contributed by atoms with Crippen LogP contribution in [0.2, 0.25) is 0 Å². The minimum absolute atomic E-state index is 0.0540. The van der Waals surface area contributed by atoms with Crippen molar-refractivity contribution in [2.45, 2.75) is 20.3 Å². The van der Waals surface area contributed by atoms with Gasteiger partial charge in [-0.15, -0.1) is 11.3 Å². The molecule has 1 aliphatic heterocycles. The van der Waals surface area contributed by atoms with Gasteiger partial charge < -0.3 is 14.6 Å². The summed E-state index contributed by atoms with van der Waals surface area (Å²) in [7, 11) is 0. The van der Waals surface area contributed by atoms with Gasteiger partial charge in [-0.3, -0.25) is 9.59 Å². The molecule has 0 saturated carbocycles. The third-order valence-corrected chi connectivity index (χ3v) is 6.19. The van der Waals surface area contributed by atoms with Gasteiger partial charge in [-0.1, -0.05) is 17.7 Å². The van der Waals surface area contributed by atoms with Crippen LogP contribution in [-0.2, 0) is 9.59 Å². The first kappa shape index (κ1) is 20.2. The van der Waals surface area contributed by atoms with Crippen LogP contribution in [0.4, 0.5) is 11.5 Å². The van der Waals surface area contributed by atoms with Gasteiger partial charge in [0, 0.05) is 30.1 Å². The molecule has 9 heteroatoms. The van der Waals surface area contributed by atoms with Crippen molar-refractivity contribution in [1.82, 2.24) is 14.8 Å². The normalized spacial score (nSPS) is 16.0. The number of aryl methyl sites for hydroxylation is 2. The fourth-order valence-corrected chi connectivity index (χ4v) is 4.50. The summed E-state index contributed by atoms with van der Waals surface area (Å²) in [6.07, 6.45) is 1.77. The average molecular weight is 448 g/mol. The molecule has 8 nitrogen and oxygen atoms in total. The molecule has 3 aromatic heterocycles. The molecule has 1 fully saturated rings. The Labute approximate surface area is 188 Å². The smallest absolute Gasteiger partial charge is 0.230 e. The third kappa shape index (κ3) is 3.82. The number of thiazole rings is 1. The molecule has 0 spiro atoms. The van der Waals surface area contributed by atoms with Crippen LogP contribution in [0.25, 0.3) is 16.6 Å². The number of hydrogen-bond donors (Lipinski definition) is 1. The van der Waals surface area contributed by atoms with Crippen LogP contribution in [0.1, 0.15) is 17.7 Å². The molecule has 4 aromatic rings. The van der Waals surface area contributed by atoms with Crippen molar-refractivity contribution in [1.29, 1.82) is 0 Å². The van der Waals surface area contributed by atoms with Crippen LogP contribution < -0.4 is 10.2 Å². The second kappa shape index (κ2) is 8.08. The number of nitrogens with one attached hydrogen (secondary N) is 1. The molecule has 1 unspecified atom stereocenters. The van der Waals surface area contributed by atoms with Gasteiger partial charge in [0.2, 0.25) is 16.9 Å². The van der Waals surface area contributed by atoms with Crippen molar-refractivity contribution in [2.24, 2.45) is 5.92 Å². The lowest BCUT2D eigenvalue weighted by atomic mass is 10.1. The van der Waals surface area contributed by atoms with E-state index in [1.54, 1.807) is 28.0 Å². The lowest BCUT2D eigenvalue weighted by Crippen LogP contribution is -2.28. The summed E-state index contributed by atoms with van der Waals surface area (Å²) in [5.74, 6) is 0.484. The van der Waals surface area contributed by atoms with E-state index in [-0.39, 0.29) is 18.2 Å². The van der Waals surface area contributed by atoms with Crippen LogP contribution in [0.5, 0.6) is 0 Å². The number of anilines is 2. The molecule has 1 aliphatic rings. The predicted molar refractivity (Wildman–Crippen MR) is 122 cm³/mol. The number of carbonyl (C=O) groups is 2. The van der Waals surface area contributed by atoms with Crippen LogP contribution >= 0.6 is 11.3 Å². The van der Waals surface area contributed by atoms with Gasteiger partial charge in [-0.25, -0.2) is 4.98 Å². The molecule has 162 valence electrons. The number of aromatic nitrogens is 3. The van der Waals surface area contributed by atoms with Crippen molar-refractivity contribution in [3.63, 3.8) is 0 Å². The standard InChI is InChI=1S/C23H21N5O3S/c1-14-5-7-17(8-6-14)27-12-16(11-21(27)29)22(30)25-20-10-15(2)26-28(20)23-24-18(13-32-23)19-4-3-9-31-19/h3-10,13,16H,11-12H2,1-2H3,(H,25,30). The van der Waals surface area contributed by atoms with E-state index in [9.17, 15) is 9.59 Å². The largest absolute Gasteiger partial charge is 0.463 e. The van der Waals surface area contributed by atoms with E-state index in [0.717, 1.165) is 16.9 Å². The highest BCUT2D eigenvalue weighted by Gasteiger charge is 2.35. The molecule has 0 aliphatic carbocycles. The summed E-state index contributed by atoms with van der Waals surface area (Å²) in [5, 5.41) is 9.92. The molecule has 0 radical (unpaired) electrons. The monoisotopic (exact) mass is 447 g/mol. The molecule has 4 heterocycles. The van der Waals surface area contributed by atoms with Gasteiger partial charge in [-0.2, -0.15) is 9.78 Å². The van der Waals surface area contributed by atoms with E-state index in [4.69, 9.17) is 4.42 Å². The molecular formula is C23H21N5O3S. The van der Waals surface area contributed by atoms with Gasteiger partial charge in [0.25, 0.3) is 0 Å². The van der Waals surface area contributed by atoms with Crippen LogP contribution in [0.15, 0.2) is 58.5 Å². The Hall–Kier alpha value is -3.72. The second-order valence-electron chi connectivity index (χ2n) is 7.81. The molecular weight excluding hydrogens is 426 g/mol. The summed E-state index contributed by atoms with van der Waals surface area (Å²) in [6.45, 7) is 4.20. The Kier molecular flexibility index (Phi) is 5.10. The van der Waals surface area contributed by atoms with E-state index >= 15 is 0 Å². The van der Waals surface area contributed by atoms with Gasteiger partial charge in [0.15, 0.2) is 5.76 Å². The van der Waals surface area contributed by atoms with Crippen molar-refractivity contribution < 1.29 is 14.0 Å². The summed E-state index contributed by atoms with van der Waals surface area (Å²) >= 11 is 1.40. The fourth-order valence-electron chi connectivity index (χ4n) is 3.72. The molecule has 1 saturated heterocycles. The van der Waals surface area contributed by atoms with E-state index in [0.29, 0.717) is 28.9 Å². The Morgan fingerprint density at radius 3 is 2.78 bits per heavy atom. The maximum Gasteiger partial charge on any atom is 0.230 e. The molecule has 1 atom stereocenters. The topological polar surface area (TPSA) is 93.3 Å². The van der Waals surface area contributed by atoms with E-state index in [2.05, 4.69) is 15.4 Å². The average Bonchev–Trinajstić information content (AvgIpc) is 3.55. The van der Waals surface area contributed by atoms with E-state index in [1.165, 1.54) is 11.3 Å². The molecule has 5 rings (SSSR count). The van der Waals surface area contributed by atoms with Gasteiger partial charge in [0.05, 0.1) is 17.9 Å². The Morgan fingerprint density at radius 1 is 1.22 bits per heavy atom. The summed E-state index contributed by atoms with van der Waals surface area (Å²) in [5.41, 5.74) is 3.38. The highest BCUT2D eigenvalue weighted by molar-refractivity contribution is 7.12. The zero-order chi connectivity index (χ0) is 22.2. The van der Waals surface area contributed by atoms with E-state index < -0.39 is 5.92 Å². The number of rotatable bonds is 5. The summed E-state index contributed by atoms with van der Waals surface area (Å²) in [4.78, 5) is 31.8. The van der Waals surface area contributed by atoms with Gasteiger partial charge in [-0.05, 0) is 38.1 Å². The van der Waals surface area contributed by atoms with Crippen molar-refractivity contribution in [3.05, 3.63) is 65.4 Å². The molecule has 1 N–H and O–H groups in total. The predicted octanol–water partition coefficient (Wildman–Crippen LogP) is 4.20. The first-order valence-electron chi connectivity index (χ1n) is 10.2. The Balaban J connectivity index is 1.33. The lowest BCUT2D eigenvalue weighted by Gasteiger charge is -2.17. The number of nitrogens with zero attached hydrogens (tertiary/aromatic N) is 4. The first-order chi connectivity index (χ1) is 15.5. The molecule has 0 bridgehead atoms. The van der Waals surface area contributed by atoms with E-state index in [1.807, 2.05) is 49.6 Å². The molecule has 1 aromatic carbocycles. The Morgan fingerprint density at radius 2 is 2.03 bits per heavy atom. The highest BCUT2D eigenvalue weighted by atomic mass is 32.1. The quantitative estimate of drug-likeness (QED) is 0.495. The number of carbonyl (C=O) groups excluding carboxylic acids is 2. The SMILES string of the molecule is Cc1ccc(N2CC(C(=O)Nc3cc(C)nn3-c3nc(-c4ccco4)cs3)CC2=O)cc1. The maximum atomic E-state index is 13.0.